The Morgan fingerprint density at radius 2 is 2.33 bits per heavy atom. The summed E-state index contributed by atoms with van der Waals surface area (Å²) < 4.78 is 5.70. The number of hydrogen-bond donors (Lipinski definition) is 1. The summed E-state index contributed by atoms with van der Waals surface area (Å²) in [5.74, 6) is 1.07. The highest BCUT2D eigenvalue weighted by Crippen LogP contribution is 2.29. The number of para-hydroxylation sites is 1. The summed E-state index contributed by atoms with van der Waals surface area (Å²) in [7, 11) is 0. The maximum atomic E-state index is 5.70. The van der Waals surface area contributed by atoms with Gasteiger partial charge in [0.1, 0.15) is 5.75 Å². The van der Waals surface area contributed by atoms with Gasteiger partial charge in [-0.1, -0.05) is 30.4 Å². The van der Waals surface area contributed by atoms with Crippen molar-refractivity contribution < 1.29 is 4.74 Å². The van der Waals surface area contributed by atoms with Crippen LogP contribution in [0.4, 0.5) is 0 Å². The van der Waals surface area contributed by atoms with Gasteiger partial charge < -0.3 is 10.5 Å². The molecular formula is C13H17NO. The zero-order valence-electron chi connectivity index (χ0n) is 8.91. The molecule has 0 unspecified atom stereocenters. The lowest BCUT2D eigenvalue weighted by atomic mass is 10.0. The Balaban J connectivity index is 2.23. The van der Waals surface area contributed by atoms with Crippen LogP contribution in [0, 0.1) is 0 Å². The number of aryl methyl sites for hydroxylation is 1. The van der Waals surface area contributed by atoms with Crippen molar-refractivity contribution in [3.63, 3.8) is 0 Å². The minimum atomic E-state index is 0.701. The molecule has 2 N–H and O–H groups in total. The van der Waals surface area contributed by atoms with E-state index < -0.39 is 0 Å². The molecule has 0 radical (unpaired) electrons. The Morgan fingerprint density at radius 3 is 3.20 bits per heavy atom. The predicted molar refractivity (Wildman–Crippen MR) is 63.0 cm³/mol. The molecule has 0 saturated carbocycles. The number of hydrogen-bond acceptors (Lipinski definition) is 2. The van der Waals surface area contributed by atoms with E-state index in [0.29, 0.717) is 6.54 Å². The fourth-order valence-corrected chi connectivity index (χ4v) is 1.85. The van der Waals surface area contributed by atoms with Gasteiger partial charge in [-0.25, -0.2) is 0 Å². The zero-order valence-corrected chi connectivity index (χ0v) is 8.91. The minimum Gasteiger partial charge on any atom is -0.493 e. The summed E-state index contributed by atoms with van der Waals surface area (Å²) in [6, 6.07) is 6.33. The van der Waals surface area contributed by atoms with E-state index in [1.165, 1.54) is 11.1 Å². The van der Waals surface area contributed by atoms with E-state index in [2.05, 4.69) is 30.4 Å². The second kappa shape index (κ2) is 4.99. The smallest absolute Gasteiger partial charge is 0.129 e. The number of rotatable bonds is 3. The van der Waals surface area contributed by atoms with Crippen molar-refractivity contribution in [3.05, 3.63) is 35.4 Å². The lowest BCUT2D eigenvalue weighted by Crippen LogP contribution is -2.09. The number of nitrogens with two attached hydrogens (primary N) is 1. The fraction of sp³-hybridized carbons (Fsp3) is 0.385. The van der Waals surface area contributed by atoms with Gasteiger partial charge in [-0.2, -0.15) is 0 Å². The van der Waals surface area contributed by atoms with Crippen LogP contribution in [0.2, 0.25) is 0 Å². The molecule has 0 saturated heterocycles. The maximum Gasteiger partial charge on any atom is 0.129 e. The van der Waals surface area contributed by atoms with Crippen molar-refractivity contribution in [2.24, 2.45) is 5.73 Å². The predicted octanol–water partition coefficient (Wildman–Crippen LogP) is 2.37. The Hall–Kier alpha value is -1.28. The largest absolute Gasteiger partial charge is 0.493 e. The molecular weight excluding hydrogens is 186 g/mol. The van der Waals surface area contributed by atoms with E-state index >= 15 is 0 Å². The zero-order chi connectivity index (χ0) is 10.5. The van der Waals surface area contributed by atoms with Gasteiger partial charge in [0.25, 0.3) is 0 Å². The topological polar surface area (TPSA) is 35.2 Å². The van der Waals surface area contributed by atoms with Gasteiger partial charge >= 0.3 is 0 Å². The lowest BCUT2D eigenvalue weighted by Gasteiger charge is -2.18. The van der Waals surface area contributed by atoms with Crippen LogP contribution in [0.5, 0.6) is 5.75 Å². The normalized spacial score (nSPS) is 15.0. The summed E-state index contributed by atoms with van der Waals surface area (Å²) in [5, 5.41) is 0. The molecule has 1 aromatic carbocycles. The first-order valence-electron chi connectivity index (χ1n) is 5.53. The SMILES string of the molecule is NCC/C=C/c1cccc2c1OCCC2. The van der Waals surface area contributed by atoms with E-state index in [0.717, 1.165) is 31.6 Å². The molecule has 1 aliphatic heterocycles. The standard InChI is InChI=1S/C13H17NO/c14-9-2-1-5-11-6-3-7-12-8-4-10-15-13(11)12/h1,3,5-7H,2,4,8-10,14H2/b5-1+. The molecule has 0 aromatic heterocycles. The van der Waals surface area contributed by atoms with E-state index in [1.807, 2.05) is 0 Å². The number of ether oxygens (including phenoxy) is 1. The molecule has 0 spiro atoms. The summed E-state index contributed by atoms with van der Waals surface area (Å²) >= 11 is 0. The second-order valence-corrected chi connectivity index (χ2v) is 3.77. The molecule has 0 bridgehead atoms. The van der Waals surface area contributed by atoms with Crippen molar-refractivity contribution in [2.75, 3.05) is 13.2 Å². The highest BCUT2D eigenvalue weighted by Gasteiger charge is 2.11. The summed E-state index contributed by atoms with van der Waals surface area (Å²) in [5.41, 5.74) is 7.96. The van der Waals surface area contributed by atoms with E-state index in [9.17, 15) is 0 Å². The fourth-order valence-electron chi connectivity index (χ4n) is 1.85. The number of benzene rings is 1. The average molecular weight is 203 g/mol. The average Bonchev–Trinajstić information content (AvgIpc) is 2.30. The monoisotopic (exact) mass is 203 g/mol. The van der Waals surface area contributed by atoms with Gasteiger partial charge in [-0.3, -0.25) is 0 Å². The van der Waals surface area contributed by atoms with E-state index in [4.69, 9.17) is 10.5 Å². The van der Waals surface area contributed by atoms with Crippen LogP contribution in [0.1, 0.15) is 24.0 Å². The first-order chi connectivity index (χ1) is 7.42. The van der Waals surface area contributed by atoms with Gasteiger partial charge in [-0.05, 0) is 31.4 Å². The van der Waals surface area contributed by atoms with Crippen LogP contribution < -0.4 is 10.5 Å². The second-order valence-electron chi connectivity index (χ2n) is 3.77. The van der Waals surface area contributed by atoms with Crippen LogP contribution in [0.25, 0.3) is 6.08 Å². The Kier molecular flexibility index (Phi) is 3.41. The summed E-state index contributed by atoms with van der Waals surface area (Å²) in [4.78, 5) is 0. The molecule has 1 aromatic rings. The van der Waals surface area contributed by atoms with Crippen molar-refractivity contribution in [2.45, 2.75) is 19.3 Å². The van der Waals surface area contributed by atoms with E-state index in [-0.39, 0.29) is 0 Å². The Morgan fingerprint density at radius 1 is 1.40 bits per heavy atom. The quantitative estimate of drug-likeness (QED) is 0.818. The summed E-state index contributed by atoms with van der Waals surface area (Å²) in [6.07, 6.45) is 7.39. The molecule has 0 amide bonds. The summed E-state index contributed by atoms with van der Waals surface area (Å²) in [6.45, 7) is 1.54. The van der Waals surface area contributed by atoms with E-state index in [1.54, 1.807) is 0 Å². The molecule has 80 valence electrons. The van der Waals surface area contributed by atoms with Crippen LogP contribution in [-0.4, -0.2) is 13.2 Å². The van der Waals surface area contributed by atoms with Crippen LogP contribution in [0.3, 0.4) is 0 Å². The van der Waals surface area contributed by atoms with Crippen LogP contribution in [-0.2, 0) is 6.42 Å². The van der Waals surface area contributed by atoms with Crippen molar-refractivity contribution in [3.8, 4) is 5.75 Å². The van der Waals surface area contributed by atoms with Gasteiger partial charge in [-0.15, -0.1) is 0 Å². The highest BCUT2D eigenvalue weighted by molar-refractivity contribution is 5.60. The molecule has 2 rings (SSSR count). The molecule has 0 atom stereocenters. The molecule has 1 heterocycles. The molecule has 2 heteroatoms. The molecule has 2 nitrogen and oxygen atoms in total. The van der Waals surface area contributed by atoms with Gasteiger partial charge in [0.2, 0.25) is 0 Å². The minimum absolute atomic E-state index is 0.701. The maximum absolute atomic E-state index is 5.70. The molecule has 0 fully saturated rings. The Bertz CT molecular complexity index is 358. The first-order valence-corrected chi connectivity index (χ1v) is 5.53. The third-order valence-corrected chi connectivity index (χ3v) is 2.59. The number of fused-ring (bicyclic) bond motifs is 1. The van der Waals surface area contributed by atoms with Crippen molar-refractivity contribution in [1.29, 1.82) is 0 Å². The third kappa shape index (κ3) is 2.39. The highest BCUT2D eigenvalue weighted by atomic mass is 16.5. The van der Waals surface area contributed by atoms with Gasteiger partial charge in [0.05, 0.1) is 6.61 Å². The van der Waals surface area contributed by atoms with Crippen molar-refractivity contribution >= 4 is 6.08 Å². The first kappa shape index (κ1) is 10.2. The van der Waals surface area contributed by atoms with Gasteiger partial charge in [0, 0.05) is 5.56 Å². The Labute approximate surface area is 90.7 Å². The van der Waals surface area contributed by atoms with Crippen LogP contribution in [0.15, 0.2) is 24.3 Å². The molecule has 0 aliphatic carbocycles. The van der Waals surface area contributed by atoms with Crippen molar-refractivity contribution in [1.82, 2.24) is 0 Å². The van der Waals surface area contributed by atoms with Crippen LogP contribution >= 0.6 is 0 Å². The lowest BCUT2D eigenvalue weighted by molar-refractivity contribution is 0.287. The molecule has 1 aliphatic rings. The van der Waals surface area contributed by atoms with Gasteiger partial charge in [0.15, 0.2) is 0 Å². The third-order valence-electron chi connectivity index (χ3n) is 2.59. The molecule has 15 heavy (non-hydrogen) atoms.